The molecule has 0 unspecified atom stereocenters. The van der Waals surface area contributed by atoms with Crippen molar-refractivity contribution in [2.75, 3.05) is 23.3 Å². The van der Waals surface area contributed by atoms with Gasteiger partial charge in [0.2, 0.25) is 5.91 Å². The van der Waals surface area contributed by atoms with Crippen molar-refractivity contribution in [1.82, 2.24) is 14.5 Å². The van der Waals surface area contributed by atoms with Crippen LogP contribution in [0.3, 0.4) is 0 Å². The summed E-state index contributed by atoms with van der Waals surface area (Å²) >= 11 is 0. The summed E-state index contributed by atoms with van der Waals surface area (Å²) in [5, 5.41) is 2.81. The predicted molar refractivity (Wildman–Crippen MR) is 105 cm³/mol. The fourth-order valence-corrected chi connectivity index (χ4v) is 3.39. The number of carbonyl (C=O) groups is 1. The zero-order chi connectivity index (χ0) is 18.6. The first-order valence-electron chi connectivity index (χ1n) is 9.16. The molecule has 27 heavy (non-hydrogen) atoms. The average Bonchev–Trinajstić information content (AvgIpc) is 2.71. The van der Waals surface area contributed by atoms with Crippen LogP contribution < -0.4 is 15.8 Å². The smallest absolute Gasteiger partial charge is 0.269 e. The SMILES string of the molecule is O=C(Cn1c(=O)cnc2ccccc21)Nc1ccc(N2CCCCC2)nc1. The highest BCUT2D eigenvalue weighted by molar-refractivity contribution is 5.91. The minimum Gasteiger partial charge on any atom is -0.357 e. The van der Waals surface area contributed by atoms with E-state index in [1.54, 1.807) is 12.3 Å². The van der Waals surface area contributed by atoms with Crippen molar-refractivity contribution in [3.8, 4) is 0 Å². The van der Waals surface area contributed by atoms with E-state index in [4.69, 9.17) is 0 Å². The molecule has 138 valence electrons. The number of piperidine rings is 1. The molecule has 0 aliphatic carbocycles. The fourth-order valence-electron chi connectivity index (χ4n) is 3.39. The molecule has 2 aromatic heterocycles. The van der Waals surface area contributed by atoms with Crippen molar-refractivity contribution in [2.24, 2.45) is 0 Å². The number of nitrogens with zero attached hydrogens (tertiary/aromatic N) is 4. The molecule has 0 radical (unpaired) electrons. The number of hydrogen-bond acceptors (Lipinski definition) is 5. The van der Waals surface area contributed by atoms with Crippen LogP contribution in [0.1, 0.15) is 19.3 Å². The summed E-state index contributed by atoms with van der Waals surface area (Å²) in [4.78, 5) is 35.4. The Morgan fingerprint density at radius 3 is 2.59 bits per heavy atom. The Bertz CT molecular complexity index is 1010. The van der Waals surface area contributed by atoms with Gasteiger partial charge in [-0.2, -0.15) is 0 Å². The van der Waals surface area contributed by atoms with E-state index in [2.05, 4.69) is 20.2 Å². The maximum atomic E-state index is 12.4. The van der Waals surface area contributed by atoms with Gasteiger partial charge in [0.25, 0.3) is 5.56 Å². The number of carbonyl (C=O) groups excluding carboxylic acids is 1. The van der Waals surface area contributed by atoms with Gasteiger partial charge in [0.05, 0.1) is 29.1 Å². The summed E-state index contributed by atoms with van der Waals surface area (Å²) in [7, 11) is 0. The van der Waals surface area contributed by atoms with Gasteiger partial charge >= 0.3 is 0 Å². The lowest BCUT2D eigenvalue weighted by Gasteiger charge is -2.27. The van der Waals surface area contributed by atoms with E-state index in [9.17, 15) is 9.59 Å². The molecule has 1 fully saturated rings. The van der Waals surface area contributed by atoms with Crippen LogP contribution in [0.4, 0.5) is 11.5 Å². The lowest BCUT2D eigenvalue weighted by atomic mass is 10.1. The molecule has 7 heteroatoms. The summed E-state index contributed by atoms with van der Waals surface area (Å²) in [6, 6.07) is 11.0. The van der Waals surface area contributed by atoms with Crippen LogP contribution in [-0.4, -0.2) is 33.5 Å². The van der Waals surface area contributed by atoms with Crippen LogP contribution in [0.15, 0.2) is 53.6 Å². The molecule has 4 rings (SSSR count). The number of fused-ring (bicyclic) bond motifs is 1. The standard InChI is InChI=1S/C20H21N5O2/c26-19(14-25-17-7-3-2-6-16(17)21-13-20(25)27)23-15-8-9-18(22-12-15)24-10-4-1-5-11-24/h2-3,6-9,12-13H,1,4-5,10-11,14H2,(H,23,26). The van der Waals surface area contributed by atoms with Crippen LogP contribution in [0.5, 0.6) is 0 Å². The van der Waals surface area contributed by atoms with Crippen molar-refractivity contribution in [3.63, 3.8) is 0 Å². The molecule has 7 nitrogen and oxygen atoms in total. The molecule has 1 saturated heterocycles. The Labute approximate surface area is 156 Å². The lowest BCUT2D eigenvalue weighted by Crippen LogP contribution is -2.30. The molecule has 0 bridgehead atoms. The summed E-state index contributed by atoms with van der Waals surface area (Å²) in [5.41, 5.74) is 1.63. The second-order valence-electron chi connectivity index (χ2n) is 6.67. The highest BCUT2D eigenvalue weighted by Gasteiger charge is 2.13. The van der Waals surface area contributed by atoms with Crippen molar-refractivity contribution in [1.29, 1.82) is 0 Å². The summed E-state index contributed by atoms with van der Waals surface area (Å²) < 4.78 is 1.42. The number of hydrogen-bond donors (Lipinski definition) is 1. The Morgan fingerprint density at radius 1 is 1.00 bits per heavy atom. The topological polar surface area (TPSA) is 80.1 Å². The quantitative estimate of drug-likeness (QED) is 0.770. The van der Waals surface area contributed by atoms with Gasteiger partial charge < -0.3 is 10.2 Å². The molecule has 1 aliphatic rings. The molecule has 1 aliphatic heterocycles. The van der Waals surface area contributed by atoms with Crippen LogP contribution in [0.2, 0.25) is 0 Å². The molecule has 3 aromatic rings. The molecule has 1 amide bonds. The third-order valence-electron chi connectivity index (χ3n) is 4.77. The normalized spacial score (nSPS) is 14.3. The van der Waals surface area contributed by atoms with Gasteiger partial charge in [-0.1, -0.05) is 12.1 Å². The first kappa shape index (κ1) is 17.2. The number of anilines is 2. The van der Waals surface area contributed by atoms with Gasteiger partial charge in [-0.05, 0) is 43.5 Å². The van der Waals surface area contributed by atoms with Crippen LogP contribution in [-0.2, 0) is 11.3 Å². The highest BCUT2D eigenvalue weighted by Crippen LogP contribution is 2.19. The fraction of sp³-hybridized carbons (Fsp3) is 0.300. The maximum Gasteiger partial charge on any atom is 0.269 e. The molecule has 1 aromatic carbocycles. The van der Waals surface area contributed by atoms with Crippen molar-refractivity contribution in [2.45, 2.75) is 25.8 Å². The zero-order valence-electron chi connectivity index (χ0n) is 15.0. The maximum absolute atomic E-state index is 12.4. The first-order valence-corrected chi connectivity index (χ1v) is 9.16. The van der Waals surface area contributed by atoms with E-state index >= 15 is 0 Å². The van der Waals surface area contributed by atoms with Crippen LogP contribution >= 0.6 is 0 Å². The number of pyridine rings is 1. The Hall–Kier alpha value is -3.22. The minimum absolute atomic E-state index is 0.0737. The highest BCUT2D eigenvalue weighted by atomic mass is 16.2. The number of amides is 1. The molecular formula is C20H21N5O2. The second kappa shape index (κ2) is 7.57. The van der Waals surface area contributed by atoms with Gasteiger partial charge in [-0.25, -0.2) is 9.97 Å². The molecule has 0 saturated carbocycles. The Morgan fingerprint density at radius 2 is 1.81 bits per heavy atom. The van der Waals surface area contributed by atoms with Crippen molar-refractivity contribution >= 4 is 28.4 Å². The zero-order valence-corrected chi connectivity index (χ0v) is 15.0. The summed E-state index contributed by atoms with van der Waals surface area (Å²) in [5.74, 6) is 0.657. The predicted octanol–water partition coefficient (Wildman–Crippen LogP) is 2.42. The van der Waals surface area contributed by atoms with E-state index in [1.807, 2.05) is 30.3 Å². The molecule has 0 spiro atoms. The lowest BCUT2D eigenvalue weighted by molar-refractivity contribution is -0.116. The van der Waals surface area contributed by atoms with Crippen molar-refractivity contribution < 1.29 is 4.79 Å². The van der Waals surface area contributed by atoms with E-state index in [0.29, 0.717) is 16.7 Å². The first-order chi connectivity index (χ1) is 13.2. The van der Waals surface area contributed by atoms with Crippen LogP contribution in [0.25, 0.3) is 11.0 Å². The van der Waals surface area contributed by atoms with Gasteiger partial charge in [-0.3, -0.25) is 14.2 Å². The van der Waals surface area contributed by atoms with Crippen molar-refractivity contribution in [3.05, 3.63) is 59.1 Å². The third-order valence-corrected chi connectivity index (χ3v) is 4.77. The Kier molecular flexibility index (Phi) is 4.82. The number of rotatable bonds is 4. The molecule has 0 atom stereocenters. The number of benzene rings is 1. The van der Waals surface area contributed by atoms with Crippen LogP contribution in [0, 0.1) is 0 Å². The van der Waals surface area contributed by atoms with Gasteiger partial charge in [0.1, 0.15) is 12.4 Å². The Balaban J connectivity index is 1.47. The summed E-state index contributed by atoms with van der Waals surface area (Å²) in [6.07, 6.45) is 6.55. The number of nitrogens with one attached hydrogen (secondary N) is 1. The van der Waals surface area contributed by atoms with E-state index in [1.165, 1.54) is 30.0 Å². The minimum atomic E-state index is -0.303. The van der Waals surface area contributed by atoms with Gasteiger partial charge in [0.15, 0.2) is 0 Å². The average molecular weight is 363 g/mol. The number of aromatic nitrogens is 3. The largest absolute Gasteiger partial charge is 0.357 e. The molecule has 3 heterocycles. The monoisotopic (exact) mass is 363 g/mol. The molecule has 1 N–H and O–H groups in total. The third kappa shape index (κ3) is 3.81. The summed E-state index contributed by atoms with van der Waals surface area (Å²) in [6.45, 7) is 1.98. The number of para-hydroxylation sites is 2. The van der Waals surface area contributed by atoms with Gasteiger partial charge in [-0.15, -0.1) is 0 Å². The van der Waals surface area contributed by atoms with E-state index in [0.717, 1.165) is 18.9 Å². The van der Waals surface area contributed by atoms with E-state index < -0.39 is 0 Å². The second-order valence-corrected chi connectivity index (χ2v) is 6.67. The van der Waals surface area contributed by atoms with E-state index in [-0.39, 0.29) is 18.0 Å². The molecular weight excluding hydrogens is 342 g/mol. The van der Waals surface area contributed by atoms with Gasteiger partial charge in [0, 0.05) is 13.1 Å².